The van der Waals surface area contributed by atoms with Gasteiger partial charge in [0.2, 0.25) is 0 Å². The van der Waals surface area contributed by atoms with Crippen molar-refractivity contribution in [3.63, 3.8) is 0 Å². The number of nitrogens with one attached hydrogen (secondary N) is 1. The Morgan fingerprint density at radius 2 is 2.19 bits per heavy atom. The zero-order valence-electron chi connectivity index (χ0n) is 13.2. The van der Waals surface area contributed by atoms with Gasteiger partial charge in [0.25, 0.3) is 0 Å². The zero-order chi connectivity index (χ0) is 15.8. The van der Waals surface area contributed by atoms with E-state index >= 15 is 0 Å². The highest BCUT2D eigenvalue weighted by Crippen LogP contribution is 2.35. The molecular weight excluding hydrogens is 264 g/mol. The lowest BCUT2D eigenvalue weighted by Crippen LogP contribution is -2.30. The molecule has 1 aromatic carbocycles. The molecule has 2 atom stereocenters. The molecule has 0 saturated carbocycles. The molecule has 1 N–H and O–H groups in total. The van der Waals surface area contributed by atoms with E-state index in [4.69, 9.17) is 6.42 Å². The molecule has 0 fully saturated rings. The molecule has 4 heteroatoms. The Bertz CT molecular complexity index is 502. The Morgan fingerprint density at radius 3 is 2.71 bits per heavy atom. The van der Waals surface area contributed by atoms with Crippen LogP contribution < -0.4 is 5.32 Å². The predicted molar refractivity (Wildman–Crippen MR) is 85.0 cm³/mol. The van der Waals surface area contributed by atoms with E-state index in [9.17, 15) is 4.79 Å². The van der Waals surface area contributed by atoms with Crippen molar-refractivity contribution in [2.24, 2.45) is 0 Å². The molecule has 0 heterocycles. The lowest BCUT2D eigenvalue weighted by Gasteiger charge is -2.28. The average molecular weight is 288 g/mol. The Morgan fingerprint density at radius 1 is 1.52 bits per heavy atom. The highest BCUT2D eigenvalue weighted by atomic mass is 16.5. The summed E-state index contributed by atoms with van der Waals surface area (Å²) in [5.74, 6) is 2.80. The highest BCUT2D eigenvalue weighted by molar-refractivity contribution is 5.66. The van der Waals surface area contributed by atoms with E-state index in [1.54, 1.807) is 0 Å². The maximum Gasteiger partial charge on any atom is 0.406 e. The fourth-order valence-electron chi connectivity index (χ4n) is 2.45. The smallest absolute Gasteiger partial charge is 0.406 e. The molecule has 4 nitrogen and oxygen atoms in total. The number of fused-ring (bicyclic) bond motifs is 1. The van der Waals surface area contributed by atoms with Crippen molar-refractivity contribution in [2.45, 2.75) is 31.8 Å². The molecule has 2 rings (SSSR count). The van der Waals surface area contributed by atoms with Gasteiger partial charge in [-0.3, -0.25) is 4.90 Å². The van der Waals surface area contributed by atoms with Crippen LogP contribution >= 0.6 is 0 Å². The number of terminal acetylenes is 1. The van der Waals surface area contributed by atoms with Gasteiger partial charge in [0.1, 0.15) is 0 Å². The number of rotatable bonds is 2. The van der Waals surface area contributed by atoms with Crippen LogP contribution in [0.1, 0.15) is 30.5 Å². The Balaban J connectivity index is 0.000000315. The summed E-state index contributed by atoms with van der Waals surface area (Å²) in [4.78, 5) is 12.1. The van der Waals surface area contributed by atoms with Crippen LogP contribution in [0.25, 0.3) is 0 Å². The molecule has 0 bridgehead atoms. The number of methoxy groups -OCH3 is 1. The summed E-state index contributed by atoms with van der Waals surface area (Å²) in [7, 11) is 4.95. The summed E-state index contributed by atoms with van der Waals surface area (Å²) in [5.41, 5.74) is 2.95. The summed E-state index contributed by atoms with van der Waals surface area (Å²) >= 11 is 0. The summed E-state index contributed by atoms with van der Waals surface area (Å²) in [6, 6.07) is 9.40. The van der Waals surface area contributed by atoms with Gasteiger partial charge >= 0.3 is 6.09 Å². The summed E-state index contributed by atoms with van der Waals surface area (Å²) in [6.07, 6.45) is 7.44. The Hall–Kier alpha value is -1.99. The highest BCUT2D eigenvalue weighted by Gasteiger charge is 2.27. The van der Waals surface area contributed by atoms with Crippen molar-refractivity contribution in [1.29, 1.82) is 0 Å². The van der Waals surface area contributed by atoms with Gasteiger partial charge in [0.05, 0.1) is 13.2 Å². The average Bonchev–Trinajstić information content (AvgIpc) is 2.97. The predicted octanol–water partition coefficient (Wildman–Crippen LogP) is 2.60. The summed E-state index contributed by atoms with van der Waals surface area (Å²) < 4.78 is 4.15. The molecule has 1 aliphatic rings. The Labute approximate surface area is 127 Å². The van der Waals surface area contributed by atoms with Crippen molar-refractivity contribution in [2.75, 3.05) is 21.2 Å². The van der Waals surface area contributed by atoms with Gasteiger partial charge in [-0.15, -0.1) is 6.42 Å². The maximum atomic E-state index is 9.85. The number of alkyl carbamates (subject to hydrolysis) is 1. The third-order valence-corrected chi connectivity index (χ3v) is 3.83. The first-order valence-electron chi connectivity index (χ1n) is 7.06. The molecule has 1 aliphatic carbocycles. The van der Waals surface area contributed by atoms with Crippen LogP contribution in [-0.4, -0.2) is 38.2 Å². The van der Waals surface area contributed by atoms with Gasteiger partial charge < -0.3 is 10.1 Å². The number of aryl methyl sites for hydroxylation is 1. The standard InChI is InChI=1S/C14H17N.C3H7NO2/c1-4-11(2)15(3)14-10-9-12-7-5-6-8-13(12)14;1-4-3(5)6-2/h1,5-8,11,14H,9-10H2,2-3H3;1-2H3,(H,4,5). The van der Waals surface area contributed by atoms with Crippen molar-refractivity contribution in [3.05, 3.63) is 35.4 Å². The normalized spacial score (nSPS) is 17.0. The van der Waals surface area contributed by atoms with Crippen LogP contribution in [0.15, 0.2) is 24.3 Å². The van der Waals surface area contributed by atoms with E-state index in [0.717, 1.165) is 0 Å². The van der Waals surface area contributed by atoms with Crippen molar-refractivity contribution in [3.8, 4) is 12.3 Å². The van der Waals surface area contributed by atoms with E-state index in [1.807, 2.05) is 0 Å². The fraction of sp³-hybridized carbons (Fsp3) is 0.471. The second kappa shape index (κ2) is 8.33. The summed E-state index contributed by atoms with van der Waals surface area (Å²) in [6.45, 7) is 2.08. The zero-order valence-corrected chi connectivity index (χ0v) is 13.2. The van der Waals surface area contributed by atoms with Crippen LogP contribution in [0.3, 0.4) is 0 Å². The molecule has 1 amide bonds. The number of ether oxygens (including phenoxy) is 1. The van der Waals surface area contributed by atoms with Crippen LogP contribution in [-0.2, 0) is 11.2 Å². The lowest BCUT2D eigenvalue weighted by atomic mass is 10.1. The number of carbonyl (C=O) groups excluding carboxylic acids is 1. The minimum Gasteiger partial charge on any atom is -0.453 e. The number of benzene rings is 1. The SMILES string of the molecule is C#CC(C)N(C)C1CCc2ccccc21.CNC(=O)OC. The molecule has 114 valence electrons. The third kappa shape index (κ3) is 4.51. The van der Waals surface area contributed by atoms with E-state index in [0.29, 0.717) is 6.04 Å². The van der Waals surface area contributed by atoms with Crippen LogP contribution in [0.4, 0.5) is 4.79 Å². The first kappa shape index (κ1) is 17.1. The van der Waals surface area contributed by atoms with E-state index in [2.05, 4.69) is 59.1 Å². The van der Waals surface area contributed by atoms with Crippen LogP contribution in [0.2, 0.25) is 0 Å². The van der Waals surface area contributed by atoms with E-state index in [1.165, 1.54) is 38.1 Å². The second-order valence-electron chi connectivity index (χ2n) is 5.00. The molecule has 0 aromatic heterocycles. The van der Waals surface area contributed by atoms with Crippen molar-refractivity contribution >= 4 is 6.09 Å². The van der Waals surface area contributed by atoms with Crippen molar-refractivity contribution < 1.29 is 9.53 Å². The molecular formula is C17H24N2O2. The number of nitrogens with zero attached hydrogens (tertiary/aromatic N) is 1. The fourth-order valence-corrected chi connectivity index (χ4v) is 2.45. The monoisotopic (exact) mass is 288 g/mol. The second-order valence-corrected chi connectivity index (χ2v) is 5.00. The first-order valence-corrected chi connectivity index (χ1v) is 7.06. The number of amides is 1. The molecule has 2 unspecified atom stereocenters. The van der Waals surface area contributed by atoms with Gasteiger partial charge in [0.15, 0.2) is 0 Å². The number of carbonyl (C=O) groups is 1. The van der Waals surface area contributed by atoms with Crippen molar-refractivity contribution in [1.82, 2.24) is 10.2 Å². The van der Waals surface area contributed by atoms with Crippen LogP contribution in [0, 0.1) is 12.3 Å². The molecule has 0 aliphatic heterocycles. The summed E-state index contributed by atoms with van der Waals surface area (Å²) in [5, 5.41) is 2.25. The van der Waals surface area contributed by atoms with Gasteiger partial charge in [-0.05, 0) is 37.9 Å². The van der Waals surface area contributed by atoms with Gasteiger partial charge in [0, 0.05) is 13.1 Å². The van der Waals surface area contributed by atoms with E-state index in [-0.39, 0.29) is 6.04 Å². The largest absolute Gasteiger partial charge is 0.453 e. The quantitative estimate of drug-likeness (QED) is 0.851. The minimum absolute atomic E-state index is 0.209. The van der Waals surface area contributed by atoms with Gasteiger partial charge in [-0.1, -0.05) is 30.2 Å². The number of hydrogen-bond acceptors (Lipinski definition) is 3. The third-order valence-electron chi connectivity index (χ3n) is 3.83. The topological polar surface area (TPSA) is 41.6 Å². The molecule has 1 aromatic rings. The van der Waals surface area contributed by atoms with E-state index < -0.39 is 6.09 Å². The Kier molecular flexibility index (Phi) is 6.77. The molecule has 0 saturated heterocycles. The lowest BCUT2D eigenvalue weighted by molar-refractivity contribution is 0.173. The number of hydrogen-bond donors (Lipinski definition) is 1. The minimum atomic E-state index is -0.407. The first-order chi connectivity index (χ1) is 10.0. The van der Waals surface area contributed by atoms with Gasteiger partial charge in [-0.2, -0.15) is 0 Å². The molecule has 0 spiro atoms. The maximum absolute atomic E-state index is 9.85. The van der Waals surface area contributed by atoms with Crippen LogP contribution in [0.5, 0.6) is 0 Å². The molecule has 0 radical (unpaired) electrons. The molecule has 21 heavy (non-hydrogen) atoms. The van der Waals surface area contributed by atoms with Gasteiger partial charge in [-0.25, -0.2) is 4.79 Å².